The lowest BCUT2D eigenvalue weighted by Crippen LogP contribution is -2.54. The Morgan fingerprint density at radius 3 is 2.49 bits per heavy atom. The number of hydrogen-bond donors (Lipinski definition) is 1. The Morgan fingerprint density at radius 2 is 1.91 bits per heavy atom. The molecule has 1 N–H and O–H groups in total. The first kappa shape index (κ1) is 27.4. The maximum Gasteiger partial charge on any atom is 0.410 e. The van der Waals surface area contributed by atoms with Gasteiger partial charge in [0.05, 0.1) is 16.5 Å². The molecule has 194 valence electrons. The highest BCUT2D eigenvalue weighted by Gasteiger charge is 2.45. The van der Waals surface area contributed by atoms with Gasteiger partial charge in [0.1, 0.15) is 5.60 Å². The molecule has 2 fully saturated rings. The van der Waals surface area contributed by atoms with Gasteiger partial charge in [-0.1, -0.05) is 25.5 Å². The van der Waals surface area contributed by atoms with E-state index >= 15 is 0 Å². The topological polar surface area (TPSA) is 79.0 Å². The second kappa shape index (κ2) is 10.8. The van der Waals surface area contributed by atoms with Crippen molar-refractivity contribution >= 4 is 29.7 Å². The highest BCUT2D eigenvalue weighted by atomic mass is 32.2. The molecule has 3 aliphatic rings. The fourth-order valence-electron chi connectivity index (χ4n) is 5.12. The number of ether oxygens (including phenoxy) is 1. The Morgan fingerprint density at radius 1 is 1.26 bits per heavy atom. The number of carbonyl (C=O) groups excluding carboxylic acids is 3. The molecular weight excluding hydrogens is 462 g/mol. The zero-order chi connectivity index (χ0) is 26.0. The third-order valence-corrected chi connectivity index (χ3v) is 8.35. The van der Waals surface area contributed by atoms with Crippen LogP contribution in [-0.4, -0.2) is 63.2 Å². The van der Waals surface area contributed by atoms with Gasteiger partial charge in [0, 0.05) is 29.6 Å². The van der Waals surface area contributed by atoms with Crippen molar-refractivity contribution in [2.45, 2.75) is 102 Å². The van der Waals surface area contributed by atoms with Crippen LogP contribution >= 0.6 is 11.8 Å². The normalized spacial score (nSPS) is 22.9. The molecular formula is C27H41N3O4S. The molecule has 2 aliphatic heterocycles. The summed E-state index contributed by atoms with van der Waals surface area (Å²) in [6, 6.07) is -0.142. The molecule has 1 saturated heterocycles. The summed E-state index contributed by atoms with van der Waals surface area (Å²) in [4.78, 5) is 43.7. The molecule has 7 nitrogen and oxygen atoms in total. The first-order valence-electron chi connectivity index (χ1n) is 12.7. The van der Waals surface area contributed by atoms with Crippen molar-refractivity contribution in [1.29, 1.82) is 0 Å². The van der Waals surface area contributed by atoms with Gasteiger partial charge in [-0.25, -0.2) is 4.79 Å². The predicted molar refractivity (Wildman–Crippen MR) is 141 cm³/mol. The number of hydrogen-bond acceptors (Lipinski definition) is 5. The fourth-order valence-corrected chi connectivity index (χ4v) is 6.48. The van der Waals surface area contributed by atoms with E-state index in [4.69, 9.17) is 4.74 Å². The molecule has 0 bridgehead atoms. The van der Waals surface area contributed by atoms with E-state index in [1.54, 1.807) is 35.7 Å². The van der Waals surface area contributed by atoms with Gasteiger partial charge in [0.15, 0.2) is 0 Å². The highest BCUT2D eigenvalue weighted by Crippen LogP contribution is 2.48. The smallest absolute Gasteiger partial charge is 0.410 e. The van der Waals surface area contributed by atoms with Crippen LogP contribution in [-0.2, 0) is 14.3 Å². The van der Waals surface area contributed by atoms with E-state index in [9.17, 15) is 14.4 Å². The van der Waals surface area contributed by atoms with Gasteiger partial charge in [-0.3, -0.25) is 9.59 Å². The predicted octanol–water partition coefficient (Wildman–Crippen LogP) is 5.14. The molecule has 35 heavy (non-hydrogen) atoms. The standard InChI is InChI=1S/C27H41N3O4S/c1-8-22-21(28-24(32)27(35-22)13-9-10-14-27)16-19(4)23(31)30(18(2)3)20-12-11-15-29(17-20)25(33)34-26(5,6)7/h8,16,18,20H,1,9-15,17H2,2-7H3,(H,28,32)/b19-16+/t20-/m1/s1. The SMILES string of the molecule is C=CC1=C(/C=C(\C)C(=O)N(C(C)C)[C@@H]2CCCN(C(=O)OC(C)(C)C)C2)NC(=O)C2(CCCC2)S1. The molecule has 1 saturated carbocycles. The van der Waals surface area contributed by atoms with Gasteiger partial charge in [-0.05, 0) is 73.3 Å². The van der Waals surface area contributed by atoms with Crippen LogP contribution in [0, 0.1) is 0 Å². The summed E-state index contributed by atoms with van der Waals surface area (Å²) < 4.78 is 5.16. The van der Waals surface area contributed by atoms with Crippen LogP contribution < -0.4 is 5.32 Å². The van der Waals surface area contributed by atoms with Crippen LogP contribution in [0.4, 0.5) is 4.79 Å². The number of amides is 3. The van der Waals surface area contributed by atoms with E-state index in [0.717, 1.165) is 43.4 Å². The van der Waals surface area contributed by atoms with Crippen LogP contribution in [0.1, 0.15) is 80.1 Å². The van der Waals surface area contributed by atoms with Crippen molar-refractivity contribution in [3.63, 3.8) is 0 Å². The summed E-state index contributed by atoms with van der Waals surface area (Å²) >= 11 is 1.58. The lowest BCUT2D eigenvalue weighted by Gasteiger charge is -2.41. The minimum Gasteiger partial charge on any atom is -0.444 e. The second-order valence-corrected chi connectivity index (χ2v) is 12.5. The van der Waals surface area contributed by atoms with Gasteiger partial charge < -0.3 is 19.9 Å². The number of thioether (sulfide) groups is 1. The molecule has 2 heterocycles. The zero-order valence-corrected chi connectivity index (χ0v) is 22.9. The Labute approximate surface area is 214 Å². The minimum absolute atomic E-state index is 0.0260. The summed E-state index contributed by atoms with van der Waals surface area (Å²) in [6.45, 7) is 16.4. The van der Waals surface area contributed by atoms with Gasteiger partial charge in [-0.15, -0.1) is 11.8 Å². The largest absolute Gasteiger partial charge is 0.444 e. The summed E-state index contributed by atoms with van der Waals surface area (Å²) in [5.41, 5.74) is 0.624. The Hall–Kier alpha value is -2.22. The average molecular weight is 504 g/mol. The monoisotopic (exact) mass is 503 g/mol. The fraction of sp³-hybridized carbons (Fsp3) is 0.667. The third kappa shape index (κ3) is 6.32. The van der Waals surface area contributed by atoms with E-state index in [0.29, 0.717) is 24.4 Å². The molecule has 1 atom stereocenters. The average Bonchev–Trinajstić information content (AvgIpc) is 3.24. The van der Waals surface area contributed by atoms with Crippen LogP contribution in [0.15, 0.2) is 34.9 Å². The lowest BCUT2D eigenvalue weighted by molar-refractivity contribution is -0.132. The van der Waals surface area contributed by atoms with E-state index in [1.165, 1.54) is 0 Å². The van der Waals surface area contributed by atoms with Crippen molar-refractivity contribution in [2.75, 3.05) is 13.1 Å². The maximum atomic E-state index is 13.6. The molecule has 3 rings (SSSR count). The number of carbonyl (C=O) groups is 3. The van der Waals surface area contributed by atoms with Gasteiger partial charge in [-0.2, -0.15) is 0 Å². The van der Waals surface area contributed by atoms with Gasteiger partial charge >= 0.3 is 6.09 Å². The number of piperidine rings is 1. The molecule has 0 aromatic carbocycles. The van der Waals surface area contributed by atoms with Gasteiger partial charge in [0.2, 0.25) is 11.8 Å². The molecule has 0 radical (unpaired) electrons. The van der Waals surface area contributed by atoms with Crippen molar-refractivity contribution in [3.05, 3.63) is 34.9 Å². The minimum atomic E-state index is -0.562. The summed E-state index contributed by atoms with van der Waals surface area (Å²) in [5.74, 6) is -0.0644. The Balaban J connectivity index is 1.79. The van der Waals surface area contributed by atoms with Crippen molar-refractivity contribution in [3.8, 4) is 0 Å². The number of nitrogens with zero attached hydrogens (tertiary/aromatic N) is 2. The number of allylic oxidation sites excluding steroid dienone is 2. The Bertz CT molecular complexity index is 925. The van der Waals surface area contributed by atoms with E-state index in [-0.39, 0.29) is 30.0 Å². The quantitative estimate of drug-likeness (QED) is 0.526. The molecule has 1 spiro atoms. The highest BCUT2D eigenvalue weighted by molar-refractivity contribution is 8.05. The van der Waals surface area contributed by atoms with Crippen LogP contribution in [0.3, 0.4) is 0 Å². The number of nitrogens with one attached hydrogen (secondary N) is 1. The van der Waals surface area contributed by atoms with Crippen LogP contribution in [0.5, 0.6) is 0 Å². The Kier molecular flexibility index (Phi) is 8.45. The molecule has 1 aliphatic carbocycles. The summed E-state index contributed by atoms with van der Waals surface area (Å²) in [5, 5.41) is 3.06. The maximum absolute atomic E-state index is 13.6. The van der Waals surface area contributed by atoms with Crippen LogP contribution in [0.25, 0.3) is 0 Å². The first-order valence-corrected chi connectivity index (χ1v) is 13.5. The molecule has 0 aromatic rings. The summed E-state index contributed by atoms with van der Waals surface area (Å²) in [6.07, 6.45) is 8.69. The molecule has 0 aromatic heterocycles. The van der Waals surface area contributed by atoms with E-state index in [2.05, 4.69) is 11.9 Å². The lowest BCUT2D eigenvalue weighted by atomic mass is 10.0. The molecule has 0 unspecified atom stereocenters. The van der Waals surface area contributed by atoms with Crippen molar-refractivity contribution in [1.82, 2.24) is 15.1 Å². The first-order chi connectivity index (χ1) is 16.4. The van der Waals surface area contributed by atoms with E-state index < -0.39 is 10.3 Å². The third-order valence-electron chi connectivity index (χ3n) is 6.76. The number of likely N-dealkylation sites (tertiary alicyclic amines) is 1. The van der Waals surface area contributed by atoms with Crippen LogP contribution in [0.2, 0.25) is 0 Å². The molecule has 3 amide bonds. The second-order valence-electron chi connectivity index (χ2n) is 11.1. The zero-order valence-electron chi connectivity index (χ0n) is 22.1. The number of rotatable bonds is 5. The van der Waals surface area contributed by atoms with Gasteiger partial charge in [0.25, 0.3) is 0 Å². The molecule has 8 heteroatoms. The van der Waals surface area contributed by atoms with Crippen molar-refractivity contribution in [2.24, 2.45) is 0 Å². The van der Waals surface area contributed by atoms with Crippen molar-refractivity contribution < 1.29 is 19.1 Å². The van der Waals surface area contributed by atoms with E-state index in [1.807, 2.05) is 39.5 Å². The summed E-state index contributed by atoms with van der Waals surface area (Å²) in [7, 11) is 0.